The van der Waals surface area contributed by atoms with Gasteiger partial charge in [0.2, 0.25) is 0 Å². The van der Waals surface area contributed by atoms with E-state index in [9.17, 15) is 17.6 Å². The summed E-state index contributed by atoms with van der Waals surface area (Å²) in [5, 5.41) is 3.67. The van der Waals surface area contributed by atoms with Crippen LogP contribution in [0.5, 0.6) is 0 Å². The van der Waals surface area contributed by atoms with Crippen LogP contribution in [0, 0.1) is 5.82 Å². The van der Waals surface area contributed by atoms with Crippen LogP contribution in [0.2, 0.25) is 0 Å². The van der Waals surface area contributed by atoms with Gasteiger partial charge in [0.15, 0.2) is 0 Å². The van der Waals surface area contributed by atoms with Crippen LogP contribution in [-0.4, -0.2) is 9.78 Å². The molecule has 2 aromatic rings. The summed E-state index contributed by atoms with van der Waals surface area (Å²) in [6.07, 6.45) is -3.46. The van der Waals surface area contributed by atoms with Crippen LogP contribution < -0.4 is 5.73 Å². The highest BCUT2D eigenvalue weighted by molar-refractivity contribution is 5.23. The van der Waals surface area contributed by atoms with Crippen molar-refractivity contribution in [2.75, 3.05) is 0 Å². The Morgan fingerprint density at radius 1 is 1.26 bits per heavy atom. The van der Waals surface area contributed by atoms with Gasteiger partial charge in [0.25, 0.3) is 0 Å². The lowest BCUT2D eigenvalue weighted by atomic mass is 10.2. The molecule has 0 spiro atoms. The first kappa shape index (κ1) is 13.5. The molecule has 0 radical (unpaired) electrons. The Kier molecular flexibility index (Phi) is 3.57. The molecule has 3 nitrogen and oxygen atoms in total. The molecule has 102 valence electrons. The van der Waals surface area contributed by atoms with Gasteiger partial charge < -0.3 is 5.73 Å². The summed E-state index contributed by atoms with van der Waals surface area (Å²) in [6.45, 7) is -0.412. The molecule has 2 rings (SSSR count). The van der Waals surface area contributed by atoms with E-state index in [1.54, 1.807) is 0 Å². The van der Waals surface area contributed by atoms with Gasteiger partial charge in [-0.1, -0.05) is 12.1 Å². The summed E-state index contributed by atoms with van der Waals surface area (Å²) < 4.78 is 52.6. The number of aromatic nitrogens is 2. The summed E-state index contributed by atoms with van der Waals surface area (Å²) >= 11 is 0. The fourth-order valence-electron chi connectivity index (χ4n) is 1.83. The number of hydrogen-bond acceptors (Lipinski definition) is 2. The van der Waals surface area contributed by atoms with E-state index in [-0.39, 0.29) is 18.7 Å². The van der Waals surface area contributed by atoms with Crippen molar-refractivity contribution in [1.82, 2.24) is 9.78 Å². The van der Waals surface area contributed by atoms with Crippen LogP contribution in [-0.2, 0) is 19.3 Å². The second-order valence-electron chi connectivity index (χ2n) is 4.01. The van der Waals surface area contributed by atoms with Crippen molar-refractivity contribution >= 4 is 0 Å². The summed E-state index contributed by atoms with van der Waals surface area (Å²) in [6, 6.07) is 5.37. The van der Waals surface area contributed by atoms with Crippen LogP contribution in [0.1, 0.15) is 16.8 Å². The highest BCUT2D eigenvalue weighted by Gasteiger charge is 2.37. The van der Waals surface area contributed by atoms with Gasteiger partial charge in [0, 0.05) is 12.1 Å². The molecule has 0 atom stereocenters. The Bertz CT molecular complexity index is 575. The highest BCUT2D eigenvalue weighted by atomic mass is 19.4. The van der Waals surface area contributed by atoms with E-state index in [2.05, 4.69) is 5.10 Å². The third-order valence-electron chi connectivity index (χ3n) is 2.63. The second kappa shape index (κ2) is 5.00. The van der Waals surface area contributed by atoms with Gasteiger partial charge in [-0.15, -0.1) is 0 Å². The number of nitrogens with zero attached hydrogens (tertiary/aromatic N) is 2. The lowest BCUT2D eigenvalue weighted by Crippen LogP contribution is -2.18. The van der Waals surface area contributed by atoms with Crippen molar-refractivity contribution in [2.45, 2.75) is 19.3 Å². The molecule has 1 heterocycles. The number of benzene rings is 1. The van der Waals surface area contributed by atoms with Crippen LogP contribution in [0.25, 0.3) is 0 Å². The Balaban J connectivity index is 2.38. The Hall–Kier alpha value is -1.89. The molecule has 2 N–H and O–H groups in total. The van der Waals surface area contributed by atoms with Crippen molar-refractivity contribution in [3.8, 4) is 0 Å². The van der Waals surface area contributed by atoms with E-state index in [1.807, 2.05) is 0 Å². The molecule has 0 unspecified atom stereocenters. The highest BCUT2D eigenvalue weighted by Crippen LogP contribution is 2.32. The lowest BCUT2D eigenvalue weighted by molar-refractivity contribution is -0.144. The average molecular weight is 273 g/mol. The zero-order chi connectivity index (χ0) is 14.0. The Morgan fingerprint density at radius 3 is 2.58 bits per heavy atom. The molecule has 19 heavy (non-hydrogen) atoms. The van der Waals surface area contributed by atoms with E-state index in [0.29, 0.717) is 5.56 Å². The van der Waals surface area contributed by atoms with E-state index in [0.717, 1.165) is 10.9 Å². The van der Waals surface area contributed by atoms with Crippen molar-refractivity contribution in [3.63, 3.8) is 0 Å². The zero-order valence-corrected chi connectivity index (χ0v) is 9.78. The number of rotatable bonds is 3. The quantitative estimate of drug-likeness (QED) is 0.873. The Morgan fingerprint density at radius 2 is 2.00 bits per heavy atom. The third kappa shape index (κ3) is 2.93. The molecule has 1 aromatic heterocycles. The third-order valence-corrected chi connectivity index (χ3v) is 2.63. The lowest BCUT2D eigenvalue weighted by Gasteiger charge is -2.12. The van der Waals surface area contributed by atoms with Gasteiger partial charge in [-0.25, -0.2) is 4.39 Å². The molecule has 0 saturated heterocycles. The maximum atomic E-state index is 13.0. The van der Waals surface area contributed by atoms with Crippen molar-refractivity contribution in [1.29, 1.82) is 0 Å². The number of halogens is 4. The first-order chi connectivity index (χ1) is 8.91. The van der Waals surface area contributed by atoms with Crippen LogP contribution in [0.4, 0.5) is 17.6 Å². The van der Waals surface area contributed by atoms with Gasteiger partial charge >= 0.3 is 6.18 Å². The molecular weight excluding hydrogens is 262 g/mol. The summed E-state index contributed by atoms with van der Waals surface area (Å²) in [7, 11) is 0. The van der Waals surface area contributed by atoms with E-state index in [4.69, 9.17) is 5.73 Å². The van der Waals surface area contributed by atoms with Gasteiger partial charge in [0.1, 0.15) is 11.5 Å². The first-order valence-corrected chi connectivity index (χ1v) is 5.48. The summed E-state index contributed by atoms with van der Waals surface area (Å²) in [4.78, 5) is 0. The largest absolute Gasteiger partial charge is 0.433 e. The number of alkyl halides is 3. The molecule has 0 fully saturated rings. The molecule has 0 aliphatic heterocycles. The van der Waals surface area contributed by atoms with Gasteiger partial charge in [0.05, 0.1) is 12.7 Å². The summed E-state index contributed by atoms with van der Waals surface area (Å²) in [5.74, 6) is -0.503. The molecule has 7 heteroatoms. The normalized spacial score (nSPS) is 11.8. The standard InChI is InChI=1S/C12H11F4N3/c13-10-3-1-2-8(4-10)7-19-11(12(14,15)16)9(5-17)6-18-19/h1-4,6H,5,7,17H2. The fourth-order valence-corrected chi connectivity index (χ4v) is 1.83. The Labute approximate surface area is 106 Å². The number of nitrogens with two attached hydrogens (primary N) is 1. The van der Waals surface area contributed by atoms with Crippen LogP contribution in [0.15, 0.2) is 30.5 Å². The first-order valence-electron chi connectivity index (χ1n) is 5.48. The SMILES string of the molecule is NCc1cnn(Cc2cccc(F)c2)c1C(F)(F)F. The minimum atomic E-state index is -4.54. The van der Waals surface area contributed by atoms with E-state index < -0.39 is 17.7 Å². The fraction of sp³-hybridized carbons (Fsp3) is 0.250. The maximum Gasteiger partial charge on any atom is 0.433 e. The molecule has 0 amide bonds. The minimum Gasteiger partial charge on any atom is -0.326 e. The zero-order valence-electron chi connectivity index (χ0n) is 9.78. The molecule has 0 saturated carbocycles. The smallest absolute Gasteiger partial charge is 0.326 e. The van der Waals surface area contributed by atoms with E-state index >= 15 is 0 Å². The molecule has 0 aliphatic carbocycles. The average Bonchev–Trinajstić information content (AvgIpc) is 2.71. The van der Waals surface area contributed by atoms with Gasteiger partial charge in [-0.2, -0.15) is 18.3 Å². The predicted molar refractivity (Wildman–Crippen MR) is 60.6 cm³/mol. The van der Waals surface area contributed by atoms with E-state index in [1.165, 1.54) is 24.3 Å². The van der Waals surface area contributed by atoms with Crippen LogP contribution >= 0.6 is 0 Å². The van der Waals surface area contributed by atoms with Crippen molar-refractivity contribution in [2.24, 2.45) is 5.73 Å². The maximum absolute atomic E-state index is 13.0. The number of hydrogen-bond donors (Lipinski definition) is 1. The minimum absolute atomic E-state index is 0.0797. The summed E-state index contributed by atoms with van der Waals surface area (Å²) in [5.41, 5.74) is 4.70. The van der Waals surface area contributed by atoms with Gasteiger partial charge in [-0.05, 0) is 17.7 Å². The topological polar surface area (TPSA) is 43.8 Å². The molecule has 1 aromatic carbocycles. The molecule has 0 bridgehead atoms. The predicted octanol–water partition coefficient (Wildman–Crippen LogP) is 2.55. The monoisotopic (exact) mass is 273 g/mol. The molecular formula is C12H11F4N3. The van der Waals surface area contributed by atoms with Crippen molar-refractivity contribution in [3.05, 3.63) is 53.1 Å². The van der Waals surface area contributed by atoms with Crippen molar-refractivity contribution < 1.29 is 17.6 Å². The van der Waals surface area contributed by atoms with Gasteiger partial charge in [-0.3, -0.25) is 4.68 Å². The second-order valence-corrected chi connectivity index (χ2v) is 4.01. The van der Waals surface area contributed by atoms with Crippen LogP contribution in [0.3, 0.4) is 0 Å². The molecule has 0 aliphatic rings.